The summed E-state index contributed by atoms with van der Waals surface area (Å²) >= 11 is 0. The Labute approximate surface area is 180 Å². The van der Waals surface area contributed by atoms with E-state index < -0.39 is 28.9 Å². The Hall–Kier alpha value is -1.10. The second-order valence-electron chi connectivity index (χ2n) is 9.30. The van der Waals surface area contributed by atoms with E-state index in [1.807, 2.05) is 27.7 Å². The Morgan fingerprint density at radius 3 is 1.87 bits per heavy atom. The first kappa shape index (κ1) is 26.9. The normalized spacial score (nSPS) is 13.5. The Balaban J connectivity index is 2.83. The fourth-order valence-electron chi connectivity index (χ4n) is 4.73. The smallest absolute Gasteiger partial charge is 0.197 e. The lowest BCUT2D eigenvalue weighted by Gasteiger charge is -2.43. The SMILES string of the molecule is CCCCCCCCC(CCCc1cc(F)c(F)c(F)c1F)C(O)(C(C)C)C(C)C. The molecule has 0 bridgehead atoms. The van der Waals surface area contributed by atoms with E-state index in [2.05, 4.69) is 6.92 Å². The van der Waals surface area contributed by atoms with Gasteiger partial charge in [-0.1, -0.05) is 73.1 Å². The van der Waals surface area contributed by atoms with Crippen LogP contribution in [-0.4, -0.2) is 10.7 Å². The van der Waals surface area contributed by atoms with Crippen LogP contribution in [0.15, 0.2) is 6.07 Å². The first-order chi connectivity index (χ1) is 14.1. The molecule has 0 aromatic heterocycles. The van der Waals surface area contributed by atoms with Crippen LogP contribution in [-0.2, 0) is 6.42 Å². The highest BCUT2D eigenvalue weighted by Gasteiger charge is 2.41. The maximum absolute atomic E-state index is 14.0. The van der Waals surface area contributed by atoms with Crippen molar-refractivity contribution in [3.8, 4) is 0 Å². The Morgan fingerprint density at radius 2 is 1.30 bits per heavy atom. The van der Waals surface area contributed by atoms with Crippen molar-refractivity contribution in [1.82, 2.24) is 0 Å². The topological polar surface area (TPSA) is 20.2 Å². The molecule has 0 fully saturated rings. The zero-order chi connectivity index (χ0) is 22.9. The Morgan fingerprint density at radius 1 is 0.767 bits per heavy atom. The summed E-state index contributed by atoms with van der Waals surface area (Å²) in [6.45, 7) is 10.2. The van der Waals surface area contributed by atoms with E-state index in [9.17, 15) is 22.7 Å². The fraction of sp³-hybridized carbons (Fsp3) is 0.760. The minimum absolute atomic E-state index is 0.0156. The van der Waals surface area contributed by atoms with Crippen molar-refractivity contribution >= 4 is 0 Å². The zero-order valence-corrected chi connectivity index (χ0v) is 19.3. The van der Waals surface area contributed by atoms with Gasteiger partial charge in [-0.15, -0.1) is 0 Å². The van der Waals surface area contributed by atoms with Crippen molar-refractivity contribution in [2.45, 2.75) is 104 Å². The van der Waals surface area contributed by atoms with E-state index in [4.69, 9.17) is 0 Å². The molecule has 0 aliphatic rings. The monoisotopic (exact) mass is 432 g/mol. The third-order valence-electron chi connectivity index (χ3n) is 6.59. The van der Waals surface area contributed by atoms with Gasteiger partial charge in [0.25, 0.3) is 0 Å². The fourth-order valence-corrected chi connectivity index (χ4v) is 4.73. The van der Waals surface area contributed by atoms with Gasteiger partial charge in [-0.25, -0.2) is 17.6 Å². The molecule has 1 rings (SSSR count). The molecule has 0 saturated carbocycles. The lowest BCUT2D eigenvalue weighted by molar-refractivity contribution is -0.102. The van der Waals surface area contributed by atoms with E-state index in [0.717, 1.165) is 25.3 Å². The van der Waals surface area contributed by atoms with Crippen LogP contribution in [0.5, 0.6) is 0 Å². The van der Waals surface area contributed by atoms with Gasteiger partial charge in [0.05, 0.1) is 5.60 Å². The van der Waals surface area contributed by atoms with Crippen molar-refractivity contribution in [3.05, 3.63) is 34.9 Å². The standard InChI is InChI=1S/C25H40F4O/c1-6-7-8-9-10-11-14-20(25(30,17(2)3)18(4)5)15-12-13-19-16-21(26)23(28)24(29)22(19)27/h16-18,20,30H,6-15H2,1-5H3. The summed E-state index contributed by atoms with van der Waals surface area (Å²) in [5, 5.41) is 11.5. The van der Waals surface area contributed by atoms with E-state index >= 15 is 0 Å². The molecule has 0 aliphatic carbocycles. The number of aryl methyl sites for hydroxylation is 1. The van der Waals surface area contributed by atoms with Crippen molar-refractivity contribution in [1.29, 1.82) is 0 Å². The van der Waals surface area contributed by atoms with Crippen LogP contribution in [0.2, 0.25) is 0 Å². The molecular formula is C25H40F4O. The van der Waals surface area contributed by atoms with E-state index in [1.165, 1.54) is 25.7 Å². The molecule has 1 atom stereocenters. The molecule has 1 aromatic rings. The molecule has 0 saturated heterocycles. The molecule has 1 unspecified atom stereocenters. The molecule has 5 heteroatoms. The molecule has 1 N–H and O–H groups in total. The highest BCUT2D eigenvalue weighted by molar-refractivity contribution is 5.22. The lowest BCUT2D eigenvalue weighted by Crippen LogP contribution is -2.48. The van der Waals surface area contributed by atoms with Crippen LogP contribution >= 0.6 is 0 Å². The molecule has 1 nitrogen and oxygen atoms in total. The highest BCUT2D eigenvalue weighted by atomic mass is 19.2. The minimum Gasteiger partial charge on any atom is -0.389 e. The van der Waals surface area contributed by atoms with Gasteiger partial charge in [0, 0.05) is 0 Å². The maximum atomic E-state index is 14.0. The van der Waals surface area contributed by atoms with Crippen LogP contribution in [0.4, 0.5) is 17.6 Å². The van der Waals surface area contributed by atoms with Crippen molar-refractivity contribution < 1.29 is 22.7 Å². The number of unbranched alkanes of at least 4 members (excludes halogenated alkanes) is 5. The molecular weight excluding hydrogens is 392 g/mol. The second-order valence-corrected chi connectivity index (χ2v) is 9.30. The molecule has 174 valence electrons. The van der Waals surface area contributed by atoms with E-state index in [1.54, 1.807) is 0 Å². The summed E-state index contributed by atoms with van der Waals surface area (Å²) in [6, 6.07) is 0.744. The quantitative estimate of drug-likeness (QED) is 0.137. The van der Waals surface area contributed by atoms with Gasteiger partial charge in [-0.2, -0.15) is 0 Å². The second kappa shape index (κ2) is 12.7. The van der Waals surface area contributed by atoms with Gasteiger partial charge < -0.3 is 5.11 Å². The lowest BCUT2D eigenvalue weighted by atomic mass is 9.68. The van der Waals surface area contributed by atoms with Gasteiger partial charge in [-0.05, 0) is 55.1 Å². The average Bonchev–Trinajstić information content (AvgIpc) is 2.70. The van der Waals surface area contributed by atoms with Crippen molar-refractivity contribution in [2.75, 3.05) is 0 Å². The Kier molecular flexibility index (Phi) is 11.4. The van der Waals surface area contributed by atoms with Gasteiger partial charge in [0.15, 0.2) is 23.3 Å². The molecule has 0 spiro atoms. The van der Waals surface area contributed by atoms with Crippen LogP contribution in [0.1, 0.15) is 98.0 Å². The third-order valence-corrected chi connectivity index (χ3v) is 6.59. The van der Waals surface area contributed by atoms with Gasteiger partial charge >= 0.3 is 0 Å². The number of halogens is 4. The first-order valence-electron chi connectivity index (χ1n) is 11.6. The Bertz CT molecular complexity index is 635. The largest absolute Gasteiger partial charge is 0.389 e. The average molecular weight is 433 g/mol. The predicted octanol–water partition coefficient (Wildman–Crippen LogP) is 7.98. The van der Waals surface area contributed by atoms with E-state index in [0.29, 0.717) is 12.8 Å². The molecule has 0 heterocycles. The summed E-state index contributed by atoms with van der Waals surface area (Å²) in [4.78, 5) is 0. The predicted molar refractivity (Wildman–Crippen MR) is 115 cm³/mol. The van der Waals surface area contributed by atoms with Crippen LogP contribution in [0.3, 0.4) is 0 Å². The summed E-state index contributed by atoms with van der Waals surface area (Å²) < 4.78 is 54.1. The highest BCUT2D eigenvalue weighted by Crippen LogP contribution is 2.39. The summed E-state index contributed by atoms with van der Waals surface area (Å²) in [6.07, 6.45) is 9.06. The van der Waals surface area contributed by atoms with Crippen LogP contribution < -0.4 is 0 Å². The van der Waals surface area contributed by atoms with Gasteiger partial charge in [0.1, 0.15) is 0 Å². The zero-order valence-electron chi connectivity index (χ0n) is 19.3. The third kappa shape index (κ3) is 6.96. The van der Waals surface area contributed by atoms with Crippen molar-refractivity contribution in [3.63, 3.8) is 0 Å². The number of hydrogen-bond donors (Lipinski definition) is 1. The number of rotatable bonds is 14. The van der Waals surface area contributed by atoms with Gasteiger partial charge in [-0.3, -0.25) is 0 Å². The molecule has 1 aromatic carbocycles. The number of benzene rings is 1. The molecule has 30 heavy (non-hydrogen) atoms. The van der Waals surface area contributed by atoms with Crippen LogP contribution in [0.25, 0.3) is 0 Å². The summed E-state index contributed by atoms with van der Waals surface area (Å²) in [7, 11) is 0. The van der Waals surface area contributed by atoms with Crippen LogP contribution in [0, 0.1) is 41.0 Å². The summed E-state index contributed by atoms with van der Waals surface area (Å²) in [5.74, 6) is -6.08. The van der Waals surface area contributed by atoms with E-state index in [-0.39, 0.29) is 29.7 Å². The summed E-state index contributed by atoms with van der Waals surface area (Å²) in [5.41, 5.74) is -1.01. The number of aliphatic hydroxyl groups is 1. The first-order valence-corrected chi connectivity index (χ1v) is 11.6. The molecule has 0 radical (unpaired) electrons. The number of hydrogen-bond acceptors (Lipinski definition) is 1. The molecule has 0 aliphatic heterocycles. The molecule has 0 amide bonds. The van der Waals surface area contributed by atoms with Crippen molar-refractivity contribution in [2.24, 2.45) is 17.8 Å². The maximum Gasteiger partial charge on any atom is 0.197 e. The minimum atomic E-state index is -1.77. The van der Waals surface area contributed by atoms with Gasteiger partial charge in [0.2, 0.25) is 0 Å².